The maximum atomic E-state index is 2.66. The molecule has 0 N–H and O–H groups in total. The zero-order valence-electron chi connectivity index (χ0n) is 34.5. The fourth-order valence-electron chi connectivity index (χ4n) is 11.5. The Labute approximate surface area is 319 Å². The van der Waals surface area contributed by atoms with E-state index in [0.29, 0.717) is 0 Å². The molecule has 4 aliphatic rings. The topological polar surface area (TPSA) is 6.48 Å². The van der Waals surface area contributed by atoms with E-state index in [4.69, 9.17) is 0 Å². The molecule has 2 heterocycles. The van der Waals surface area contributed by atoms with Crippen LogP contribution in [0.3, 0.4) is 0 Å². The molecule has 5 aromatic carbocycles. The minimum absolute atomic E-state index is 0.0928. The number of nitrogens with zero attached hydrogens (tertiary/aromatic N) is 2. The van der Waals surface area contributed by atoms with Crippen LogP contribution >= 0.6 is 0 Å². The van der Waals surface area contributed by atoms with E-state index in [1.54, 1.807) is 0 Å². The predicted octanol–water partition coefficient (Wildman–Crippen LogP) is 11.6. The van der Waals surface area contributed by atoms with Crippen molar-refractivity contribution in [1.82, 2.24) is 0 Å². The number of aryl methyl sites for hydroxylation is 2. The van der Waals surface area contributed by atoms with Crippen molar-refractivity contribution in [3.8, 4) is 0 Å². The second kappa shape index (κ2) is 10.7. The summed E-state index contributed by atoms with van der Waals surface area (Å²) >= 11 is 0. The first-order valence-electron chi connectivity index (χ1n) is 20.0. The molecule has 0 saturated heterocycles. The third kappa shape index (κ3) is 4.98. The van der Waals surface area contributed by atoms with Crippen molar-refractivity contribution >= 4 is 57.2 Å². The van der Waals surface area contributed by atoms with Gasteiger partial charge >= 0.3 is 0 Å². The fraction of sp³-hybridized carbons (Fsp3) is 0.400. The van der Waals surface area contributed by atoms with Crippen molar-refractivity contribution < 1.29 is 0 Å². The molecule has 0 bridgehead atoms. The molecular weight excluding hydrogens is 639 g/mol. The molecule has 270 valence electrons. The monoisotopic (exact) mass is 696 g/mol. The molecule has 0 amide bonds. The summed E-state index contributed by atoms with van der Waals surface area (Å²) < 4.78 is 0. The zero-order valence-corrected chi connectivity index (χ0v) is 34.5. The van der Waals surface area contributed by atoms with Gasteiger partial charge in [0.15, 0.2) is 0 Å². The highest BCUT2D eigenvalue weighted by molar-refractivity contribution is 7.00. The lowest BCUT2D eigenvalue weighted by Gasteiger charge is -2.45. The molecule has 0 unspecified atom stereocenters. The van der Waals surface area contributed by atoms with Gasteiger partial charge in [-0.3, -0.25) is 0 Å². The van der Waals surface area contributed by atoms with Crippen LogP contribution in [0.1, 0.15) is 128 Å². The van der Waals surface area contributed by atoms with Crippen LogP contribution in [0.25, 0.3) is 0 Å². The second-order valence-electron chi connectivity index (χ2n) is 20.8. The predicted molar refractivity (Wildman–Crippen MR) is 230 cm³/mol. The van der Waals surface area contributed by atoms with Crippen LogP contribution in [0, 0.1) is 13.8 Å². The van der Waals surface area contributed by atoms with Gasteiger partial charge in [-0.15, -0.1) is 0 Å². The molecule has 0 fully saturated rings. The minimum atomic E-state index is 0.0928. The molecule has 0 radical (unpaired) electrons. The maximum absolute atomic E-state index is 2.66. The molecule has 2 nitrogen and oxygen atoms in total. The Kier molecular flexibility index (Phi) is 6.98. The molecule has 0 spiro atoms. The highest BCUT2D eigenvalue weighted by atomic mass is 15.2. The standard InChI is InChI=1S/C50H57BN2/c1-30-14-21-41-39(22-30)51-40-26-37-38(50(12,13)29-49(37,10)11)27-42(40)53(34-19-20-35-36(25-34)48(8,9)28-47(35,6)7)44-24-31(2)23-43(45(44)51)52(41)33-17-15-32(16-18-33)46(3,4)5/h14-27H,28-29H2,1-13H3. The van der Waals surface area contributed by atoms with E-state index in [1.165, 1.54) is 89.5 Å². The van der Waals surface area contributed by atoms with Crippen LogP contribution in [0.15, 0.2) is 84.9 Å². The van der Waals surface area contributed by atoms with Crippen molar-refractivity contribution in [3.63, 3.8) is 0 Å². The molecule has 0 saturated carbocycles. The van der Waals surface area contributed by atoms with E-state index in [-0.39, 0.29) is 33.8 Å². The lowest BCUT2D eigenvalue weighted by molar-refractivity contribution is 0.403. The molecule has 2 aliphatic carbocycles. The Balaban J connectivity index is 1.37. The van der Waals surface area contributed by atoms with Crippen LogP contribution < -0.4 is 26.2 Å². The maximum Gasteiger partial charge on any atom is 0.252 e. The van der Waals surface area contributed by atoms with Crippen molar-refractivity contribution in [2.75, 3.05) is 9.80 Å². The van der Waals surface area contributed by atoms with Gasteiger partial charge in [-0.2, -0.15) is 0 Å². The van der Waals surface area contributed by atoms with E-state index in [2.05, 4.69) is 185 Å². The van der Waals surface area contributed by atoms with Gasteiger partial charge in [0.2, 0.25) is 0 Å². The zero-order chi connectivity index (χ0) is 37.8. The Hall–Kier alpha value is -4.24. The van der Waals surface area contributed by atoms with Crippen LogP contribution in [-0.2, 0) is 27.1 Å². The minimum Gasteiger partial charge on any atom is -0.311 e. The van der Waals surface area contributed by atoms with Gasteiger partial charge in [-0.1, -0.05) is 118 Å². The van der Waals surface area contributed by atoms with E-state index < -0.39 is 0 Å². The summed E-state index contributed by atoms with van der Waals surface area (Å²) in [6, 6.07) is 34.1. The van der Waals surface area contributed by atoms with Gasteiger partial charge in [-0.05, 0) is 152 Å². The number of benzene rings is 5. The lowest BCUT2D eigenvalue weighted by Crippen LogP contribution is -2.61. The highest BCUT2D eigenvalue weighted by Gasteiger charge is 2.49. The number of anilines is 6. The fourth-order valence-corrected chi connectivity index (χ4v) is 11.5. The summed E-state index contributed by atoms with van der Waals surface area (Å²) in [5.74, 6) is 0. The number of hydrogen-bond donors (Lipinski definition) is 0. The number of rotatable bonds is 2. The summed E-state index contributed by atoms with van der Waals surface area (Å²) in [7, 11) is 0. The van der Waals surface area contributed by atoms with Crippen LogP contribution in [0.5, 0.6) is 0 Å². The Morgan fingerprint density at radius 3 is 1.58 bits per heavy atom. The average molecular weight is 697 g/mol. The van der Waals surface area contributed by atoms with Crippen molar-refractivity contribution in [2.45, 2.75) is 130 Å². The van der Waals surface area contributed by atoms with Crippen molar-refractivity contribution in [1.29, 1.82) is 0 Å². The SMILES string of the molecule is Cc1ccc2c(c1)B1c3cc4c(cc3N(c3ccc5c(c3)C(C)(C)CC5(C)C)c3cc(C)cc(c31)N2c1ccc(C(C)(C)C)cc1)C(C)(C)CC4(C)C. The van der Waals surface area contributed by atoms with Crippen LogP contribution in [0.4, 0.5) is 34.1 Å². The molecule has 53 heavy (non-hydrogen) atoms. The molecule has 5 aromatic rings. The smallest absolute Gasteiger partial charge is 0.252 e. The Bertz CT molecular complexity index is 2360. The van der Waals surface area contributed by atoms with Gasteiger partial charge in [0.05, 0.1) is 0 Å². The van der Waals surface area contributed by atoms with E-state index >= 15 is 0 Å². The van der Waals surface area contributed by atoms with Gasteiger partial charge in [0.1, 0.15) is 0 Å². The second-order valence-corrected chi connectivity index (χ2v) is 20.8. The first-order valence-corrected chi connectivity index (χ1v) is 20.0. The molecule has 2 aliphatic heterocycles. The number of fused-ring (bicyclic) bond motifs is 6. The summed E-state index contributed by atoms with van der Waals surface area (Å²) in [5, 5.41) is 0. The van der Waals surface area contributed by atoms with Gasteiger partial charge in [0, 0.05) is 34.1 Å². The Morgan fingerprint density at radius 1 is 0.472 bits per heavy atom. The summed E-state index contributed by atoms with van der Waals surface area (Å²) in [5.41, 5.74) is 22.5. The summed E-state index contributed by atoms with van der Waals surface area (Å²) in [6.45, 7) is 31.1. The van der Waals surface area contributed by atoms with Gasteiger partial charge < -0.3 is 9.80 Å². The first-order chi connectivity index (χ1) is 24.7. The Morgan fingerprint density at radius 2 is 0.981 bits per heavy atom. The largest absolute Gasteiger partial charge is 0.311 e. The van der Waals surface area contributed by atoms with Gasteiger partial charge in [0.25, 0.3) is 6.71 Å². The molecule has 0 atom stereocenters. The third-order valence-electron chi connectivity index (χ3n) is 13.4. The number of hydrogen-bond acceptors (Lipinski definition) is 2. The molecular formula is C50H57BN2. The van der Waals surface area contributed by atoms with Crippen LogP contribution in [-0.4, -0.2) is 6.71 Å². The van der Waals surface area contributed by atoms with Crippen LogP contribution in [0.2, 0.25) is 0 Å². The quantitative estimate of drug-likeness (QED) is 0.166. The molecule has 0 aromatic heterocycles. The van der Waals surface area contributed by atoms with E-state index in [9.17, 15) is 0 Å². The van der Waals surface area contributed by atoms with Crippen molar-refractivity contribution in [2.24, 2.45) is 0 Å². The highest BCUT2D eigenvalue weighted by Crippen LogP contribution is 2.54. The normalized spacial score (nSPS) is 19.4. The average Bonchev–Trinajstić information content (AvgIpc) is 3.37. The summed E-state index contributed by atoms with van der Waals surface area (Å²) in [4.78, 5) is 5.21. The molecule has 9 rings (SSSR count). The van der Waals surface area contributed by atoms with E-state index in [1.807, 2.05) is 0 Å². The lowest BCUT2D eigenvalue weighted by atomic mass is 9.33. The van der Waals surface area contributed by atoms with E-state index in [0.717, 1.165) is 12.8 Å². The first kappa shape index (κ1) is 34.5. The van der Waals surface area contributed by atoms with Crippen molar-refractivity contribution in [3.05, 3.63) is 124 Å². The summed E-state index contributed by atoms with van der Waals surface area (Å²) in [6.07, 6.45) is 2.31. The van der Waals surface area contributed by atoms with Gasteiger partial charge in [-0.25, -0.2) is 0 Å². The molecule has 3 heteroatoms. The third-order valence-corrected chi connectivity index (χ3v) is 13.4.